The topological polar surface area (TPSA) is 59.1 Å². The van der Waals surface area contributed by atoms with Crippen molar-refractivity contribution in [3.05, 3.63) is 11.8 Å². The molecule has 0 saturated carbocycles. The van der Waals surface area contributed by atoms with Crippen LogP contribution in [0.3, 0.4) is 0 Å². The van der Waals surface area contributed by atoms with Crippen LogP contribution in [0.2, 0.25) is 0 Å². The van der Waals surface area contributed by atoms with E-state index in [1.165, 1.54) is 0 Å². The summed E-state index contributed by atoms with van der Waals surface area (Å²) in [4.78, 5) is 7.49. The van der Waals surface area contributed by atoms with Gasteiger partial charge in [-0.25, -0.2) is 4.98 Å². The predicted octanol–water partition coefficient (Wildman–Crippen LogP) is 3.15. The average molecular weight is 306 g/mol. The minimum atomic E-state index is -4.50. The number of aromatic nitrogens is 2. The van der Waals surface area contributed by atoms with Crippen LogP contribution in [0, 0.1) is 0 Å². The Labute approximate surface area is 122 Å². The first kappa shape index (κ1) is 17.5. The zero-order chi connectivity index (χ0) is 15.9. The Morgan fingerprint density at radius 1 is 1.19 bits per heavy atom. The molecule has 0 aliphatic carbocycles. The highest BCUT2D eigenvalue weighted by atomic mass is 19.4. The van der Waals surface area contributed by atoms with Crippen LogP contribution in [0.4, 0.5) is 24.9 Å². The minimum absolute atomic E-state index is 0.0287. The molecule has 0 aliphatic rings. The molecule has 1 heterocycles. The van der Waals surface area contributed by atoms with Crippen molar-refractivity contribution < 1.29 is 17.9 Å². The number of ether oxygens (including phenoxy) is 1. The SMILES string of the molecule is CCCNc1nc(NCCOC(C)C)cc(C(F)(F)F)n1. The fraction of sp³-hybridized carbons (Fsp3) is 0.692. The summed E-state index contributed by atoms with van der Waals surface area (Å²) < 4.78 is 43.7. The molecule has 5 nitrogen and oxygen atoms in total. The van der Waals surface area contributed by atoms with Crippen molar-refractivity contribution >= 4 is 11.8 Å². The van der Waals surface area contributed by atoms with Gasteiger partial charge in [0.15, 0.2) is 5.69 Å². The molecule has 0 radical (unpaired) electrons. The summed E-state index contributed by atoms with van der Waals surface area (Å²) in [5, 5.41) is 5.58. The fourth-order valence-electron chi connectivity index (χ4n) is 1.47. The van der Waals surface area contributed by atoms with Crippen LogP contribution in [0.25, 0.3) is 0 Å². The van der Waals surface area contributed by atoms with Crippen molar-refractivity contribution in [2.24, 2.45) is 0 Å². The highest BCUT2D eigenvalue weighted by Crippen LogP contribution is 2.29. The van der Waals surface area contributed by atoms with E-state index in [1.807, 2.05) is 20.8 Å². The summed E-state index contributed by atoms with van der Waals surface area (Å²) in [6, 6.07) is 0.895. The third kappa shape index (κ3) is 6.61. The maximum Gasteiger partial charge on any atom is 0.433 e. The molecular formula is C13H21F3N4O. The molecule has 1 rings (SSSR count). The summed E-state index contributed by atoms with van der Waals surface area (Å²) in [5.41, 5.74) is -0.969. The second-order valence-electron chi connectivity index (χ2n) is 4.73. The number of nitrogens with zero attached hydrogens (tertiary/aromatic N) is 2. The van der Waals surface area contributed by atoms with Gasteiger partial charge in [0.1, 0.15) is 5.82 Å². The Kier molecular flexibility index (Phi) is 6.67. The lowest BCUT2D eigenvalue weighted by atomic mass is 10.3. The zero-order valence-electron chi connectivity index (χ0n) is 12.4. The maximum absolute atomic E-state index is 12.8. The lowest BCUT2D eigenvalue weighted by Crippen LogP contribution is -2.17. The van der Waals surface area contributed by atoms with Crippen molar-refractivity contribution in [3.8, 4) is 0 Å². The summed E-state index contributed by atoms with van der Waals surface area (Å²) >= 11 is 0. The van der Waals surface area contributed by atoms with Crippen molar-refractivity contribution in [3.63, 3.8) is 0 Å². The first-order valence-corrected chi connectivity index (χ1v) is 6.88. The van der Waals surface area contributed by atoms with Crippen LogP contribution in [0.1, 0.15) is 32.9 Å². The summed E-state index contributed by atoms with van der Waals surface area (Å²) in [5.74, 6) is 0.0993. The molecule has 0 spiro atoms. The molecule has 0 aliphatic heterocycles. The van der Waals surface area contributed by atoms with Crippen molar-refractivity contribution in [2.45, 2.75) is 39.5 Å². The predicted molar refractivity (Wildman–Crippen MR) is 75.4 cm³/mol. The monoisotopic (exact) mass is 306 g/mol. The maximum atomic E-state index is 12.8. The fourth-order valence-corrected chi connectivity index (χ4v) is 1.47. The van der Waals surface area contributed by atoms with Crippen LogP contribution in [0.15, 0.2) is 6.07 Å². The molecule has 0 bridgehead atoms. The molecule has 1 aromatic heterocycles. The Balaban J connectivity index is 2.76. The number of rotatable bonds is 8. The van der Waals surface area contributed by atoms with E-state index in [4.69, 9.17) is 4.74 Å². The molecule has 120 valence electrons. The highest BCUT2D eigenvalue weighted by molar-refractivity contribution is 5.43. The van der Waals surface area contributed by atoms with Crippen LogP contribution in [-0.2, 0) is 10.9 Å². The third-order valence-corrected chi connectivity index (χ3v) is 2.41. The molecule has 0 saturated heterocycles. The number of hydrogen-bond donors (Lipinski definition) is 2. The lowest BCUT2D eigenvalue weighted by molar-refractivity contribution is -0.141. The Morgan fingerprint density at radius 2 is 1.90 bits per heavy atom. The smallest absolute Gasteiger partial charge is 0.377 e. The highest BCUT2D eigenvalue weighted by Gasteiger charge is 2.33. The summed E-state index contributed by atoms with van der Waals surface area (Å²) in [7, 11) is 0. The van der Waals surface area contributed by atoms with Gasteiger partial charge in [-0.15, -0.1) is 0 Å². The standard InChI is InChI=1S/C13H21F3N4O/c1-4-5-18-12-19-10(13(14,15)16)8-11(20-12)17-6-7-21-9(2)3/h8-9H,4-7H2,1-3H3,(H2,17,18,19,20). The largest absolute Gasteiger partial charge is 0.433 e. The molecule has 0 fully saturated rings. The molecule has 1 aromatic rings. The molecule has 8 heteroatoms. The van der Waals surface area contributed by atoms with Crippen LogP contribution in [-0.4, -0.2) is 35.8 Å². The molecular weight excluding hydrogens is 285 g/mol. The van der Waals surface area contributed by atoms with Crippen molar-refractivity contribution in [1.29, 1.82) is 0 Å². The lowest BCUT2D eigenvalue weighted by Gasteiger charge is -2.13. The van der Waals surface area contributed by atoms with Gasteiger partial charge >= 0.3 is 6.18 Å². The molecule has 0 aromatic carbocycles. The molecule has 2 N–H and O–H groups in total. The number of halogens is 3. The quantitative estimate of drug-likeness (QED) is 0.723. The van der Waals surface area contributed by atoms with Gasteiger partial charge in [0.05, 0.1) is 12.7 Å². The van der Waals surface area contributed by atoms with E-state index < -0.39 is 11.9 Å². The normalized spacial score (nSPS) is 11.8. The molecule has 21 heavy (non-hydrogen) atoms. The second-order valence-corrected chi connectivity index (χ2v) is 4.73. The van der Waals surface area contributed by atoms with Crippen LogP contribution in [0.5, 0.6) is 0 Å². The Morgan fingerprint density at radius 3 is 2.48 bits per heavy atom. The van der Waals surface area contributed by atoms with E-state index in [0.29, 0.717) is 19.7 Å². The number of alkyl halides is 3. The first-order valence-electron chi connectivity index (χ1n) is 6.88. The Bertz CT molecular complexity index is 438. The Hall–Kier alpha value is -1.57. The van der Waals surface area contributed by atoms with Gasteiger partial charge in [0, 0.05) is 19.2 Å². The van der Waals surface area contributed by atoms with Crippen molar-refractivity contribution in [1.82, 2.24) is 9.97 Å². The van der Waals surface area contributed by atoms with E-state index >= 15 is 0 Å². The molecule has 0 amide bonds. The number of nitrogens with one attached hydrogen (secondary N) is 2. The summed E-state index contributed by atoms with van der Waals surface area (Å²) in [6.07, 6.45) is -3.66. The van der Waals surface area contributed by atoms with Crippen molar-refractivity contribution in [2.75, 3.05) is 30.3 Å². The minimum Gasteiger partial charge on any atom is -0.377 e. The van der Waals surface area contributed by atoms with Gasteiger partial charge in [0.25, 0.3) is 0 Å². The van der Waals surface area contributed by atoms with E-state index in [1.54, 1.807) is 0 Å². The zero-order valence-corrected chi connectivity index (χ0v) is 12.4. The van der Waals surface area contributed by atoms with E-state index in [0.717, 1.165) is 12.5 Å². The van der Waals surface area contributed by atoms with Gasteiger partial charge in [0.2, 0.25) is 5.95 Å². The molecule has 0 unspecified atom stereocenters. The van der Waals surface area contributed by atoms with Gasteiger partial charge < -0.3 is 15.4 Å². The van der Waals surface area contributed by atoms with Gasteiger partial charge in [-0.2, -0.15) is 18.2 Å². The van der Waals surface area contributed by atoms with E-state index in [2.05, 4.69) is 20.6 Å². The van der Waals surface area contributed by atoms with Gasteiger partial charge in [-0.05, 0) is 20.3 Å². The summed E-state index contributed by atoms with van der Waals surface area (Å²) in [6.45, 7) is 6.96. The van der Waals surface area contributed by atoms with E-state index in [-0.39, 0.29) is 17.9 Å². The third-order valence-electron chi connectivity index (χ3n) is 2.41. The number of hydrogen-bond acceptors (Lipinski definition) is 5. The second kappa shape index (κ2) is 8.02. The average Bonchev–Trinajstić information content (AvgIpc) is 2.40. The van der Waals surface area contributed by atoms with Crippen LogP contribution < -0.4 is 10.6 Å². The van der Waals surface area contributed by atoms with Crippen LogP contribution >= 0.6 is 0 Å². The number of anilines is 2. The first-order chi connectivity index (χ1) is 9.82. The molecule has 0 atom stereocenters. The van der Waals surface area contributed by atoms with Gasteiger partial charge in [-0.3, -0.25) is 0 Å². The van der Waals surface area contributed by atoms with E-state index in [9.17, 15) is 13.2 Å². The van der Waals surface area contributed by atoms with Gasteiger partial charge in [-0.1, -0.05) is 6.92 Å².